The lowest BCUT2D eigenvalue weighted by molar-refractivity contribution is -0.126. The Balaban J connectivity index is 1.24. The first-order valence-corrected chi connectivity index (χ1v) is 11.3. The van der Waals surface area contributed by atoms with Gasteiger partial charge in [0.2, 0.25) is 5.91 Å². The molecular formula is C25H33FN4O. The predicted molar refractivity (Wildman–Crippen MR) is 122 cm³/mol. The molecule has 5 nitrogen and oxygen atoms in total. The molecule has 166 valence electrons. The van der Waals surface area contributed by atoms with Crippen LogP contribution in [0.1, 0.15) is 24.0 Å². The number of likely N-dealkylation sites (tertiary alicyclic amines) is 1. The fourth-order valence-electron chi connectivity index (χ4n) is 4.48. The Kier molecular flexibility index (Phi) is 7.20. The van der Waals surface area contributed by atoms with Crippen LogP contribution in [0.2, 0.25) is 0 Å². The summed E-state index contributed by atoms with van der Waals surface area (Å²) in [6.07, 6.45) is 1.94. The first kappa shape index (κ1) is 21.8. The maximum atomic E-state index is 13.1. The van der Waals surface area contributed by atoms with Crippen LogP contribution in [0, 0.1) is 11.7 Å². The van der Waals surface area contributed by atoms with E-state index in [2.05, 4.69) is 51.3 Å². The van der Waals surface area contributed by atoms with Gasteiger partial charge in [-0.25, -0.2) is 4.39 Å². The summed E-state index contributed by atoms with van der Waals surface area (Å²) in [5.74, 6) is -0.0676. The number of hydrogen-bond donors (Lipinski definition) is 1. The molecule has 0 spiro atoms. The van der Waals surface area contributed by atoms with Crippen LogP contribution in [0.3, 0.4) is 0 Å². The van der Waals surface area contributed by atoms with E-state index in [1.165, 1.54) is 17.8 Å². The molecule has 31 heavy (non-hydrogen) atoms. The molecule has 4 rings (SSSR count). The molecule has 0 unspecified atom stereocenters. The van der Waals surface area contributed by atoms with Crippen molar-refractivity contribution in [2.45, 2.75) is 25.9 Å². The topological polar surface area (TPSA) is 38.8 Å². The normalized spacial score (nSPS) is 20.6. The van der Waals surface area contributed by atoms with Crippen molar-refractivity contribution in [2.75, 3.05) is 51.2 Å². The van der Waals surface area contributed by atoms with Crippen LogP contribution in [0.5, 0.6) is 0 Å². The number of hydrogen-bond acceptors (Lipinski definition) is 4. The zero-order chi connectivity index (χ0) is 21.6. The van der Waals surface area contributed by atoms with E-state index in [1.54, 1.807) is 0 Å². The Bertz CT molecular complexity index is 847. The molecule has 2 saturated heterocycles. The van der Waals surface area contributed by atoms with Gasteiger partial charge < -0.3 is 15.1 Å². The fourth-order valence-corrected chi connectivity index (χ4v) is 4.48. The third-order valence-electron chi connectivity index (χ3n) is 6.47. The molecule has 2 fully saturated rings. The number of benzene rings is 2. The molecular weight excluding hydrogens is 391 g/mol. The number of nitrogens with zero attached hydrogens (tertiary/aromatic N) is 3. The predicted octanol–water partition coefficient (Wildman–Crippen LogP) is 3.11. The average molecular weight is 425 g/mol. The van der Waals surface area contributed by atoms with Gasteiger partial charge in [0.15, 0.2) is 0 Å². The van der Waals surface area contributed by atoms with Crippen LogP contribution in [0.4, 0.5) is 10.1 Å². The summed E-state index contributed by atoms with van der Waals surface area (Å²) >= 11 is 0. The van der Waals surface area contributed by atoms with Gasteiger partial charge in [0.1, 0.15) is 5.82 Å². The van der Waals surface area contributed by atoms with Gasteiger partial charge in [-0.1, -0.05) is 24.3 Å². The van der Waals surface area contributed by atoms with Gasteiger partial charge in [0, 0.05) is 51.5 Å². The highest BCUT2D eigenvalue weighted by molar-refractivity contribution is 5.79. The van der Waals surface area contributed by atoms with Crippen molar-refractivity contribution in [3.63, 3.8) is 0 Å². The van der Waals surface area contributed by atoms with Crippen molar-refractivity contribution < 1.29 is 9.18 Å². The molecule has 0 aliphatic carbocycles. The smallest absolute Gasteiger partial charge is 0.224 e. The molecule has 0 bridgehead atoms. The minimum Gasteiger partial charge on any atom is -0.369 e. The summed E-state index contributed by atoms with van der Waals surface area (Å²) in [4.78, 5) is 19.8. The van der Waals surface area contributed by atoms with Crippen molar-refractivity contribution in [3.05, 3.63) is 65.5 Å². The Morgan fingerprint density at radius 3 is 2.35 bits per heavy atom. The van der Waals surface area contributed by atoms with Crippen LogP contribution in [0.15, 0.2) is 48.5 Å². The molecule has 2 aliphatic rings. The lowest BCUT2D eigenvalue weighted by Crippen LogP contribution is -2.44. The number of rotatable bonds is 6. The molecule has 1 amide bonds. The highest BCUT2D eigenvalue weighted by atomic mass is 19.1. The van der Waals surface area contributed by atoms with Crippen LogP contribution < -0.4 is 10.2 Å². The summed E-state index contributed by atoms with van der Waals surface area (Å²) in [7, 11) is 2.16. The molecule has 6 heteroatoms. The third-order valence-corrected chi connectivity index (χ3v) is 6.47. The first-order valence-electron chi connectivity index (χ1n) is 11.3. The summed E-state index contributed by atoms with van der Waals surface area (Å²) in [6.45, 7) is 7.37. The van der Waals surface area contributed by atoms with E-state index < -0.39 is 0 Å². The third kappa shape index (κ3) is 6.05. The molecule has 2 aliphatic heterocycles. The van der Waals surface area contributed by atoms with E-state index in [0.717, 1.165) is 69.8 Å². The molecule has 1 N–H and O–H groups in total. The van der Waals surface area contributed by atoms with Crippen molar-refractivity contribution in [1.82, 2.24) is 15.1 Å². The number of piperazine rings is 1. The van der Waals surface area contributed by atoms with Gasteiger partial charge in [0.05, 0.1) is 5.92 Å². The lowest BCUT2D eigenvalue weighted by atomic mass is 9.96. The molecule has 2 aromatic carbocycles. The van der Waals surface area contributed by atoms with E-state index in [-0.39, 0.29) is 17.6 Å². The Labute approximate surface area is 184 Å². The number of halogens is 1. The van der Waals surface area contributed by atoms with Crippen LogP contribution in [-0.4, -0.2) is 62.0 Å². The second-order valence-corrected chi connectivity index (χ2v) is 8.88. The maximum absolute atomic E-state index is 13.1. The summed E-state index contributed by atoms with van der Waals surface area (Å²) < 4.78 is 13.1. The molecule has 0 radical (unpaired) electrons. The second kappa shape index (κ2) is 10.2. The van der Waals surface area contributed by atoms with Gasteiger partial charge in [-0.05, 0) is 61.8 Å². The van der Waals surface area contributed by atoms with Gasteiger partial charge in [-0.2, -0.15) is 0 Å². The van der Waals surface area contributed by atoms with Crippen molar-refractivity contribution in [2.24, 2.45) is 5.92 Å². The zero-order valence-corrected chi connectivity index (χ0v) is 18.4. The Hall–Kier alpha value is -2.44. The fraction of sp³-hybridized carbons (Fsp3) is 0.480. The monoisotopic (exact) mass is 424 g/mol. The number of anilines is 1. The Morgan fingerprint density at radius 1 is 0.968 bits per heavy atom. The van der Waals surface area contributed by atoms with Crippen LogP contribution >= 0.6 is 0 Å². The highest BCUT2D eigenvalue weighted by Gasteiger charge is 2.25. The van der Waals surface area contributed by atoms with Crippen molar-refractivity contribution in [1.29, 1.82) is 0 Å². The van der Waals surface area contributed by atoms with Crippen molar-refractivity contribution in [3.8, 4) is 0 Å². The zero-order valence-electron chi connectivity index (χ0n) is 18.4. The lowest BCUT2D eigenvalue weighted by Gasteiger charge is -2.34. The largest absolute Gasteiger partial charge is 0.369 e. The van der Waals surface area contributed by atoms with E-state index >= 15 is 0 Å². The second-order valence-electron chi connectivity index (χ2n) is 8.88. The first-order chi connectivity index (χ1) is 15.1. The summed E-state index contributed by atoms with van der Waals surface area (Å²) in [6, 6.07) is 15.2. The van der Waals surface area contributed by atoms with Gasteiger partial charge >= 0.3 is 0 Å². The van der Waals surface area contributed by atoms with E-state index in [0.29, 0.717) is 6.54 Å². The standard InChI is InChI=1S/C25H33FN4O/c1-28-13-15-30(16-14-28)24-10-6-20(7-11-24)17-27-25(31)22-3-2-12-29(19-22)18-21-4-8-23(26)9-5-21/h4-11,22H,2-3,12-19H2,1H3,(H,27,31)/t22-/m0/s1. The van der Waals surface area contributed by atoms with Crippen LogP contribution in [-0.2, 0) is 17.9 Å². The average Bonchev–Trinajstić information content (AvgIpc) is 2.80. The van der Waals surface area contributed by atoms with E-state index in [9.17, 15) is 9.18 Å². The van der Waals surface area contributed by atoms with Gasteiger partial charge in [-0.3, -0.25) is 9.69 Å². The molecule has 0 saturated carbocycles. The number of likely N-dealkylation sites (N-methyl/N-ethyl adjacent to an activating group) is 1. The minimum atomic E-state index is -0.212. The van der Waals surface area contributed by atoms with Gasteiger partial charge in [-0.15, -0.1) is 0 Å². The summed E-state index contributed by atoms with van der Waals surface area (Å²) in [5.41, 5.74) is 3.47. The Morgan fingerprint density at radius 2 is 1.65 bits per heavy atom. The minimum absolute atomic E-state index is 0.0128. The number of nitrogens with one attached hydrogen (secondary N) is 1. The quantitative estimate of drug-likeness (QED) is 0.774. The molecule has 2 heterocycles. The van der Waals surface area contributed by atoms with E-state index in [1.807, 2.05) is 12.1 Å². The number of carbonyl (C=O) groups excluding carboxylic acids is 1. The van der Waals surface area contributed by atoms with Crippen molar-refractivity contribution >= 4 is 11.6 Å². The molecule has 1 atom stereocenters. The number of piperidine rings is 1. The highest BCUT2D eigenvalue weighted by Crippen LogP contribution is 2.20. The maximum Gasteiger partial charge on any atom is 0.224 e. The number of amides is 1. The van der Waals surface area contributed by atoms with Crippen LogP contribution in [0.25, 0.3) is 0 Å². The molecule has 0 aromatic heterocycles. The SMILES string of the molecule is CN1CCN(c2ccc(CNC(=O)[C@H]3CCCN(Cc4ccc(F)cc4)C3)cc2)CC1. The number of carbonyl (C=O) groups is 1. The summed E-state index contributed by atoms with van der Waals surface area (Å²) in [5, 5.41) is 3.13. The van der Waals surface area contributed by atoms with Gasteiger partial charge in [0.25, 0.3) is 0 Å². The molecule has 2 aromatic rings. The van der Waals surface area contributed by atoms with E-state index in [4.69, 9.17) is 0 Å².